The molecule has 0 aromatic carbocycles. The fraction of sp³-hybridized carbons (Fsp3) is 0.600. The van der Waals surface area contributed by atoms with Crippen LogP contribution in [0.1, 0.15) is 30.9 Å². The highest BCUT2D eigenvalue weighted by Gasteiger charge is 2.38. The monoisotopic (exact) mass is 694 g/mol. The van der Waals surface area contributed by atoms with Gasteiger partial charge in [0, 0.05) is 53.7 Å². The van der Waals surface area contributed by atoms with Gasteiger partial charge in [0.25, 0.3) is 11.1 Å². The number of ether oxygens (including phenoxy) is 6. The van der Waals surface area contributed by atoms with Crippen LogP contribution >= 0.6 is 22.6 Å². The minimum absolute atomic E-state index is 0.138. The molecule has 0 bridgehead atoms. The molecule has 4 rings (SSSR count). The van der Waals surface area contributed by atoms with Crippen molar-refractivity contribution < 1.29 is 33.5 Å². The molecule has 0 saturated carbocycles. The molecule has 15 nitrogen and oxygen atoms in total. The SMILES string of the molecule is COCC1O[C@@H](n2cc(C=CCO)c(=O)[nH]c2=O)CC1OC.COCC1O[C@@H](n2cc(I)c(=O)[nH]c2=O)CC1OC. The maximum absolute atomic E-state index is 12.0. The fourth-order valence-electron chi connectivity index (χ4n) is 4.55. The molecule has 0 amide bonds. The van der Waals surface area contributed by atoms with Crippen molar-refractivity contribution in [2.75, 3.05) is 48.3 Å². The highest BCUT2D eigenvalue weighted by Crippen LogP contribution is 2.30. The van der Waals surface area contributed by atoms with E-state index in [0.717, 1.165) is 0 Å². The molecule has 0 spiro atoms. The summed E-state index contributed by atoms with van der Waals surface area (Å²) >= 11 is 1.87. The predicted octanol–water partition coefficient (Wildman–Crippen LogP) is -0.419. The lowest BCUT2D eigenvalue weighted by molar-refractivity contribution is -0.0618. The molecular weight excluding hydrogens is 659 g/mol. The number of halogens is 1. The van der Waals surface area contributed by atoms with Gasteiger partial charge in [0.05, 0.1) is 41.2 Å². The number of rotatable bonds is 10. The number of aliphatic hydroxyl groups is 1. The molecule has 2 saturated heterocycles. The second-order valence-electron chi connectivity index (χ2n) is 9.17. The molecule has 4 heterocycles. The number of hydrogen-bond acceptors (Lipinski definition) is 11. The van der Waals surface area contributed by atoms with Gasteiger partial charge in [-0.05, 0) is 28.7 Å². The number of H-pyrrole nitrogens is 2. The minimum Gasteiger partial charge on any atom is -0.392 e. The Bertz CT molecular complexity index is 1400. The Balaban J connectivity index is 0.000000228. The molecule has 2 aliphatic heterocycles. The number of nitrogens with one attached hydrogen (secondary N) is 2. The molecule has 16 heteroatoms. The number of aromatic amines is 2. The predicted molar refractivity (Wildman–Crippen MR) is 154 cm³/mol. The molecule has 0 aliphatic carbocycles. The van der Waals surface area contributed by atoms with E-state index in [4.69, 9.17) is 33.5 Å². The lowest BCUT2D eigenvalue weighted by Gasteiger charge is -2.16. The molecule has 2 aromatic heterocycles. The highest BCUT2D eigenvalue weighted by molar-refractivity contribution is 14.1. The first-order valence-corrected chi connectivity index (χ1v) is 13.7. The smallest absolute Gasteiger partial charge is 0.330 e. The molecular formula is C25H35IN4O11. The van der Waals surface area contributed by atoms with Crippen LogP contribution in [0.2, 0.25) is 0 Å². The maximum atomic E-state index is 12.0. The summed E-state index contributed by atoms with van der Waals surface area (Å²) in [6.07, 6.45) is 4.94. The summed E-state index contributed by atoms with van der Waals surface area (Å²) in [5.74, 6) is 0. The Labute approximate surface area is 248 Å². The highest BCUT2D eigenvalue weighted by atomic mass is 127. The van der Waals surface area contributed by atoms with Crippen LogP contribution in [0.15, 0.2) is 37.6 Å². The van der Waals surface area contributed by atoms with Gasteiger partial charge in [0.15, 0.2) is 0 Å². The molecule has 2 aromatic rings. The van der Waals surface area contributed by atoms with Gasteiger partial charge in [-0.1, -0.05) is 6.08 Å². The van der Waals surface area contributed by atoms with E-state index in [1.54, 1.807) is 28.4 Å². The second kappa shape index (κ2) is 15.7. The normalized spacial score (nSPS) is 25.9. The van der Waals surface area contributed by atoms with Crippen LogP contribution in [0.5, 0.6) is 0 Å². The zero-order valence-electron chi connectivity index (χ0n) is 23.1. The van der Waals surface area contributed by atoms with Crippen molar-refractivity contribution in [2.45, 2.75) is 49.7 Å². The number of methoxy groups -OCH3 is 4. The molecule has 0 radical (unpaired) electrons. The van der Waals surface area contributed by atoms with Crippen LogP contribution in [-0.4, -0.2) is 96.9 Å². The van der Waals surface area contributed by atoms with E-state index < -0.39 is 35.0 Å². The zero-order chi connectivity index (χ0) is 30.1. The maximum Gasteiger partial charge on any atom is 0.330 e. The first kappa shape index (κ1) is 33.1. The topological polar surface area (TPSA) is 185 Å². The summed E-state index contributed by atoms with van der Waals surface area (Å²) in [5.41, 5.74) is -1.67. The van der Waals surface area contributed by atoms with Crippen LogP contribution in [0, 0.1) is 3.57 Å². The Kier molecular flexibility index (Phi) is 12.6. The summed E-state index contributed by atoms with van der Waals surface area (Å²) in [7, 11) is 6.31. The first-order chi connectivity index (χ1) is 19.7. The first-order valence-electron chi connectivity index (χ1n) is 12.7. The van der Waals surface area contributed by atoms with Crippen LogP contribution in [0.3, 0.4) is 0 Å². The Morgan fingerprint density at radius 3 is 1.83 bits per heavy atom. The van der Waals surface area contributed by atoms with Gasteiger partial charge < -0.3 is 33.5 Å². The number of aliphatic hydroxyl groups excluding tert-OH is 1. The van der Waals surface area contributed by atoms with Gasteiger partial charge in [0.1, 0.15) is 24.7 Å². The third-order valence-electron chi connectivity index (χ3n) is 6.57. The summed E-state index contributed by atoms with van der Waals surface area (Å²) in [6, 6.07) is 0. The van der Waals surface area contributed by atoms with Crippen LogP contribution in [-0.2, 0) is 28.4 Å². The van der Waals surface area contributed by atoms with Gasteiger partial charge in [-0.3, -0.25) is 28.7 Å². The lowest BCUT2D eigenvalue weighted by atomic mass is 10.2. The van der Waals surface area contributed by atoms with Crippen LogP contribution in [0.4, 0.5) is 0 Å². The quantitative estimate of drug-likeness (QED) is 0.275. The number of aromatic nitrogens is 4. The molecule has 6 atom stereocenters. The van der Waals surface area contributed by atoms with Crippen molar-refractivity contribution in [1.29, 1.82) is 0 Å². The summed E-state index contributed by atoms with van der Waals surface area (Å²) < 4.78 is 35.5. The van der Waals surface area contributed by atoms with E-state index in [-0.39, 0.29) is 36.6 Å². The van der Waals surface area contributed by atoms with Gasteiger partial charge >= 0.3 is 11.4 Å². The van der Waals surface area contributed by atoms with Gasteiger partial charge in [-0.15, -0.1) is 0 Å². The summed E-state index contributed by atoms with van der Waals surface area (Å²) in [5, 5.41) is 8.79. The molecule has 3 N–H and O–H groups in total. The van der Waals surface area contributed by atoms with E-state index in [0.29, 0.717) is 29.6 Å². The molecule has 2 aliphatic rings. The average Bonchev–Trinajstić information content (AvgIpc) is 3.54. The Hall–Kier alpha value is -2.45. The van der Waals surface area contributed by atoms with Crippen LogP contribution in [0.25, 0.3) is 6.08 Å². The number of hydrogen-bond donors (Lipinski definition) is 3. The van der Waals surface area contributed by atoms with Crippen molar-refractivity contribution in [3.8, 4) is 0 Å². The molecule has 4 unspecified atom stereocenters. The standard InChI is InChI=1S/C14H20N2O6.C11H15IN2O5/c1-20-8-11-10(21-2)6-12(22-11)16-7-9(4-3-5-17)13(18)15-14(16)19;1-17-5-8-7(18-2)3-9(19-8)14-4-6(12)10(15)13-11(14)16/h3-4,7,10-12,17H,5-6,8H2,1-2H3,(H,15,18,19);4,7-9H,3,5H2,1-2H3,(H,13,15,16)/t10?,11?,12-;7?,8?,9-/m11/s1. The Morgan fingerprint density at radius 2 is 1.37 bits per heavy atom. The largest absolute Gasteiger partial charge is 0.392 e. The van der Waals surface area contributed by atoms with Crippen molar-refractivity contribution >= 4 is 28.7 Å². The summed E-state index contributed by atoms with van der Waals surface area (Å²) in [4.78, 5) is 51.3. The van der Waals surface area contributed by atoms with E-state index in [1.165, 1.54) is 33.7 Å². The summed E-state index contributed by atoms with van der Waals surface area (Å²) in [6.45, 7) is 0.550. The minimum atomic E-state index is -0.552. The fourth-order valence-corrected chi connectivity index (χ4v) is 4.99. The van der Waals surface area contributed by atoms with Crippen LogP contribution < -0.4 is 22.5 Å². The molecule has 2 fully saturated rings. The molecule has 41 heavy (non-hydrogen) atoms. The number of nitrogens with zero attached hydrogens (tertiary/aromatic N) is 2. The Morgan fingerprint density at radius 1 is 0.878 bits per heavy atom. The van der Waals surface area contributed by atoms with Crippen molar-refractivity contribution in [2.24, 2.45) is 0 Å². The lowest BCUT2D eigenvalue weighted by Crippen LogP contribution is -2.33. The second-order valence-corrected chi connectivity index (χ2v) is 10.3. The van der Waals surface area contributed by atoms with Crippen molar-refractivity contribution in [3.05, 3.63) is 69.3 Å². The third-order valence-corrected chi connectivity index (χ3v) is 7.34. The zero-order valence-corrected chi connectivity index (χ0v) is 25.3. The van der Waals surface area contributed by atoms with E-state index >= 15 is 0 Å². The van der Waals surface area contributed by atoms with Crippen molar-refractivity contribution in [3.63, 3.8) is 0 Å². The van der Waals surface area contributed by atoms with Crippen molar-refractivity contribution in [1.82, 2.24) is 19.1 Å². The average molecular weight is 694 g/mol. The third kappa shape index (κ3) is 8.31. The van der Waals surface area contributed by atoms with E-state index in [2.05, 4.69) is 9.97 Å². The van der Waals surface area contributed by atoms with Gasteiger partial charge in [-0.2, -0.15) is 0 Å². The van der Waals surface area contributed by atoms with E-state index in [9.17, 15) is 19.2 Å². The van der Waals surface area contributed by atoms with Gasteiger partial charge in [-0.25, -0.2) is 9.59 Å². The molecule has 228 valence electrons. The van der Waals surface area contributed by atoms with E-state index in [1.807, 2.05) is 22.6 Å². The van der Waals surface area contributed by atoms with Gasteiger partial charge in [0.2, 0.25) is 0 Å².